The molecule has 4 heteroatoms. The molecule has 0 N–H and O–H groups in total. The van der Waals surface area contributed by atoms with Gasteiger partial charge in [0, 0.05) is 5.56 Å². The van der Waals surface area contributed by atoms with Gasteiger partial charge in [0.05, 0.1) is 10.9 Å². The molecule has 0 saturated heterocycles. The Morgan fingerprint density at radius 3 is 2.67 bits per heavy atom. The van der Waals surface area contributed by atoms with E-state index >= 15 is 0 Å². The van der Waals surface area contributed by atoms with Crippen molar-refractivity contribution in [3.05, 3.63) is 53.6 Å². The van der Waals surface area contributed by atoms with E-state index in [0.29, 0.717) is 13.0 Å². The highest BCUT2D eigenvalue weighted by Crippen LogP contribution is 2.41. The molecule has 1 nitrogen and oxygen atoms in total. The van der Waals surface area contributed by atoms with E-state index in [1.807, 2.05) is 24.3 Å². The maximum absolute atomic E-state index is 14.1. The molecule has 18 heavy (non-hydrogen) atoms. The van der Waals surface area contributed by atoms with E-state index in [9.17, 15) is 8.78 Å². The Kier molecular flexibility index (Phi) is 3.85. The molecule has 1 atom stereocenters. The molecule has 0 bridgehead atoms. The SMILES string of the molecule is CCOc1ccc(C2(Br)C=CC=CC2)c(F)c1F. The van der Waals surface area contributed by atoms with Gasteiger partial charge in [-0.25, -0.2) is 4.39 Å². The summed E-state index contributed by atoms with van der Waals surface area (Å²) in [5.41, 5.74) is 0.282. The van der Waals surface area contributed by atoms with Crippen LogP contribution in [-0.4, -0.2) is 6.61 Å². The minimum Gasteiger partial charge on any atom is -0.491 e. The highest BCUT2D eigenvalue weighted by Gasteiger charge is 2.31. The first-order valence-corrected chi connectivity index (χ1v) is 6.52. The van der Waals surface area contributed by atoms with Crippen LogP contribution in [-0.2, 0) is 4.32 Å². The molecule has 1 aliphatic carbocycles. The van der Waals surface area contributed by atoms with E-state index in [2.05, 4.69) is 15.9 Å². The van der Waals surface area contributed by atoms with Crippen molar-refractivity contribution in [2.75, 3.05) is 6.61 Å². The summed E-state index contributed by atoms with van der Waals surface area (Å²) < 4.78 is 32.2. The summed E-state index contributed by atoms with van der Waals surface area (Å²) in [5, 5.41) is 0. The number of hydrogen-bond donors (Lipinski definition) is 0. The van der Waals surface area contributed by atoms with Gasteiger partial charge in [0.2, 0.25) is 5.82 Å². The molecule has 0 aromatic heterocycles. The predicted molar refractivity (Wildman–Crippen MR) is 71.0 cm³/mol. The summed E-state index contributed by atoms with van der Waals surface area (Å²) in [6, 6.07) is 3.02. The zero-order valence-corrected chi connectivity index (χ0v) is 11.5. The molecule has 96 valence electrons. The van der Waals surface area contributed by atoms with Gasteiger partial charge in [0.25, 0.3) is 0 Å². The van der Waals surface area contributed by atoms with E-state index in [4.69, 9.17) is 4.74 Å². The fourth-order valence-electron chi connectivity index (χ4n) is 1.91. The van der Waals surface area contributed by atoms with Gasteiger partial charge in [-0.1, -0.05) is 46.3 Å². The third-order valence-corrected chi connectivity index (χ3v) is 3.83. The lowest BCUT2D eigenvalue weighted by atomic mass is 9.91. The normalized spacial score (nSPS) is 22.2. The van der Waals surface area contributed by atoms with Crippen molar-refractivity contribution in [3.8, 4) is 5.75 Å². The Morgan fingerprint density at radius 2 is 2.06 bits per heavy atom. The monoisotopic (exact) mass is 314 g/mol. The molecular formula is C14H13BrF2O. The first-order valence-electron chi connectivity index (χ1n) is 5.73. The van der Waals surface area contributed by atoms with Crippen LogP contribution in [0.15, 0.2) is 36.4 Å². The van der Waals surface area contributed by atoms with Gasteiger partial charge in [-0.05, 0) is 19.4 Å². The third kappa shape index (κ3) is 2.34. The summed E-state index contributed by atoms with van der Waals surface area (Å²) in [5.74, 6) is -1.85. The number of benzene rings is 1. The molecule has 0 spiro atoms. The molecule has 0 fully saturated rings. The van der Waals surface area contributed by atoms with Crippen molar-refractivity contribution in [2.45, 2.75) is 17.7 Å². The number of allylic oxidation sites excluding steroid dienone is 4. The molecule has 0 amide bonds. The van der Waals surface area contributed by atoms with Gasteiger partial charge in [0.1, 0.15) is 0 Å². The van der Waals surface area contributed by atoms with E-state index in [0.717, 1.165) is 0 Å². The predicted octanol–water partition coefficient (Wildman–Crippen LogP) is 4.47. The van der Waals surface area contributed by atoms with E-state index in [-0.39, 0.29) is 11.3 Å². The van der Waals surface area contributed by atoms with Gasteiger partial charge in [-0.2, -0.15) is 4.39 Å². The molecule has 0 aliphatic heterocycles. The average Bonchev–Trinajstić information content (AvgIpc) is 2.36. The fraction of sp³-hybridized carbons (Fsp3) is 0.286. The maximum Gasteiger partial charge on any atom is 0.200 e. The average molecular weight is 315 g/mol. The molecular weight excluding hydrogens is 302 g/mol. The Bertz CT molecular complexity index is 511. The number of rotatable bonds is 3. The van der Waals surface area contributed by atoms with Gasteiger partial charge in [0.15, 0.2) is 11.6 Å². The molecule has 2 rings (SSSR count). The van der Waals surface area contributed by atoms with Crippen LogP contribution < -0.4 is 4.74 Å². The van der Waals surface area contributed by atoms with Crippen molar-refractivity contribution in [3.63, 3.8) is 0 Å². The first-order chi connectivity index (χ1) is 8.58. The first kappa shape index (κ1) is 13.3. The van der Waals surface area contributed by atoms with Crippen LogP contribution in [0.4, 0.5) is 8.78 Å². The zero-order chi connectivity index (χ0) is 13.2. The molecule has 0 heterocycles. The Balaban J connectivity index is 2.44. The maximum atomic E-state index is 14.1. The lowest BCUT2D eigenvalue weighted by Gasteiger charge is -2.25. The summed E-state index contributed by atoms with van der Waals surface area (Å²) >= 11 is 3.47. The van der Waals surface area contributed by atoms with Crippen LogP contribution in [0.3, 0.4) is 0 Å². The van der Waals surface area contributed by atoms with E-state index < -0.39 is 16.0 Å². The van der Waals surface area contributed by atoms with Crippen LogP contribution in [0.25, 0.3) is 0 Å². The quantitative estimate of drug-likeness (QED) is 0.748. The summed E-state index contributed by atoms with van der Waals surface area (Å²) in [6.07, 6.45) is 7.98. The molecule has 1 aromatic rings. The molecule has 1 unspecified atom stereocenters. The minimum absolute atomic E-state index is 0.0508. The molecule has 1 aliphatic rings. The topological polar surface area (TPSA) is 9.23 Å². The summed E-state index contributed by atoms with van der Waals surface area (Å²) in [4.78, 5) is 0. The van der Waals surface area contributed by atoms with Crippen molar-refractivity contribution >= 4 is 15.9 Å². The van der Waals surface area contributed by atoms with Gasteiger partial charge in [-0.15, -0.1) is 0 Å². The number of ether oxygens (including phenoxy) is 1. The van der Waals surface area contributed by atoms with Gasteiger partial charge >= 0.3 is 0 Å². The largest absolute Gasteiger partial charge is 0.491 e. The van der Waals surface area contributed by atoms with E-state index in [1.54, 1.807) is 13.0 Å². The van der Waals surface area contributed by atoms with E-state index in [1.165, 1.54) is 6.07 Å². The third-order valence-electron chi connectivity index (χ3n) is 2.82. The second kappa shape index (κ2) is 5.22. The van der Waals surface area contributed by atoms with Crippen molar-refractivity contribution < 1.29 is 13.5 Å². The summed E-state index contributed by atoms with van der Waals surface area (Å²) in [7, 11) is 0. The van der Waals surface area contributed by atoms with Crippen molar-refractivity contribution in [2.24, 2.45) is 0 Å². The number of alkyl halides is 1. The minimum atomic E-state index is -0.934. The van der Waals surface area contributed by atoms with Crippen LogP contribution in [0, 0.1) is 11.6 Å². The lowest BCUT2D eigenvalue weighted by molar-refractivity contribution is 0.313. The molecule has 1 aromatic carbocycles. The fourth-order valence-corrected chi connectivity index (χ4v) is 2.56. The van der Waals surface area contributed by atoms with Gasteiger partial charge < -0.3 is 4.74 Å². The summed E-state index contributed by atoms with van der Waals surface area (Å²) in [6.45, 7) is 2.03. The lowest BCUT2D eigenvalue weighted by Crippen LogP contribution is -2.18. The highest BCUT2D eigenvalue weighted by molar-refractivity contribution is 9.09. The standard InChI is InChI=1S/C14H13BrF2O/c1-2-18-11-7-6-10(12(16)13(11)17)14(15)8-4-3-5-9-14/h3-8H,2,9H2,1H3. The zero-order valence-electron chi connectivity index (χ0n) is 9.92. The second-order valence-electron chi connectivity index (χ2n) is 4.03. The molecule has 0 radical (unpaired) electrons. The Hall–Kier alpha value is -1.16. The highest BCUT2D eigenvalue weighted by atomic mass is 79.9. The second-order valence-corrected chi connectivity index (χ2v) is 5.44. The van der Waals surface area contributed by atoms with Crippen LogP contribution in [0.5, 0.6) is 5.75 Å². The van der Waals surface area contributed by atoms with Crippen LogP contribution >= 0.6 is 15.9 Å². The molecule has 0 saturated carbocycles. The van der Waals surface area contributed by atoms with Crippen LogP contribution in [0.2, 0.25) is 0 Å². The Labute approximate surface area is 113 Å². The van der Waals surface area contributed by atoms with Gasteiger partial charge in [-0.3, -0.25) is 0 Å². The van der Waals surface area contributed by atoms with Crippen LogP contribution in [0.1, 0.15) is 18.9 Å². The van der Waals surface area contributed by atoms with Crippen molar-refractivity contribution in [1.82, 2.24) is 0 Å². The Morgan fingerprint density at radius 1 is 1.28 bits per heavy atom. The van der Waals surface area contributed by atoms with Crippen molar-refractivity contribution in [1.29, 1.82) is 0 Å². The number of hydrogen-bond acceptors (Lipinski definition) is 1. The smallest absolute Gasteiger partial charge is 0.200 e. The number of halogens is 3.